The Morgan fingerprint density at radius 3 is 2.67 bits per heavy atom. The van der Waals surface area contributed by atoms with Crippen LogP contribution in [0.3, 0.4) is 0 Å². The quantitative estimate of drug-likeness (QED) is 0.867. The number of hydrogen-bond acceptors (Lipinski definition) is 2. The van der Waals surface area contributed by atoms with Gasteiger partial charge in [-0.05, 0) is 49.2 Å². The SMILES string of the molecule is CCCC(C)(C)NC(C)c1occc1Br. The van der Waals surface area contributed by atoms with E-state index in [0.717, 1.165) is 16.7 Å². The third-order valence-corrected chi connectivity index (χ3v) is 3.18. The molecule has 1 unspecified atom stereocenters. The Bertz CT molecular complexity index is 306. The summed E-state index contributed by atoms with van der Waals surface area (Å²) in [4.78, 5) is 0. The van der Waals surface area contributed by atoms with Gasteiger partial charge in [0.15, 0.2) is 0 Å². The van der Waals surface area contributed by atoms with Gasteiger partial charge in [0.25, 0.3) is 0 Å². The molecule has 2 nitrogen and oxygen atoms in total. The summed E-state index contributed by atoms with van der Waals surface area (Å²) in [5, 5.41) is 3.58. The van der Waals surface area contributed by atoms with Crippen molar-refractivity contribution in [1.29, 1.82) is 0 Å². The van der Waals surface area contributed by atoms with Crippen LogP contribution in [0.25, 0.3) is 0 Å². The predicted molar refractivity (Wildman–Crippen MR) is 66.9 cm³/mol. The van der Waals surface area contributed by atoms with Gasteiger partial charge in [-0.15, -0.1) is 0 Å². The van der Waals surface area contributed by atoms with Crippen LogP contribution in [-0.4, -0.2) is 5.54 Å². The number of furan rings is 1. The van der Waals surface area contributed by atoms with Crippen LogP contribution in [0.5, 0.6) is 0 Å². The molecule has 0 aliphatic rings. The van der Waals surface area contributed by atoms with Crippen LogP contribution in [-0.2, 0) is 0 Å². The van der Waals surface area contributed by atoms with Gasteiger partial charge in [-0.1, -0.05) is 13.3 Å². The van der Waals surface area contributed by atoms with E-state index in [9.17, 15) is 0 Å². The van der Waals surface area contributed by atoms with Crippen molar-refractivity contribution in [3.05, 3.63) is 22.6 Å². The molecule has 1 N–H and O–H groups in total. The van der Waals surface area contributed by atoms with Crippen molar-refractivity contribution in [2.75, 3.05) is 0 Å². The van der Waals surface area contributed by atoms with Crippen LogP contribution in [0.15, 0.2) is 21.2 Å². The van der Waals surface area contributed by atoms with Crippen LogP contribution >= 0.6 is 15.9 Å². The molecule has 1 atom stereocenters. The molecule has 1 heterocycles. The summed E-state index contributed by atoms with van der Waals surface area (Å²) >= 11 is 3.48. The molecule has 1 rings (SSSR count). The van der Waals surface area contributed by atoms with Gasteiger partial charge in [0, 0.05) is 5.54 Å². The molecule has 0 aromatic carbocycles. The summed E-state index contributed by atoms with van der Waals surface area (Å²) in [6, 6.07) is 2.16. The standard InChI is InChI=1S/C12H20BrNO/c1-5-7-12(3,4)14-9(2)11-10(13)6-8-15-11/h6,8-9,14H,5,7H2,1-4H3. The molecule has 1 aromatic heterocycles. The zero-order valence-electron chi connectivity index (χ0n) is 9.93. The van der Waals surface area contributed by atoms with Crippen molar-refractivity contribution in [1.82, 2.24) is 5.32 Å². The maximum absolute atomic E-state index is 5.44. The van der Waals surface area contributed by atoms with Crippen molar-refractivity contribution in [2.24, 2.45) is 0 Å². The fraction of sp³-hybridized carbons (Fsp3) is 0.667. The lowest BCUT2D eigenvalue weighted by Gasteiger charge is -2.29. The Morgan fingerprint density at radius 1 is 1.53 bits per heavy atom. The number of halogens is 1. The molecule has 0 saturated carbocycles. The van der Waals surface area contributed by atoms with Gasteiger partial charge in [-0.3, -0.25) is 0 Å². The fourth-order valence-electron chi connectivity index (χ4n) is 1.96. The first-order chi connectivity index (χ1) is 6.96. The summed E-state index contributed by atoms with van der Waals surface area (Å²) in [5.41, 5.74) is 0.153. The summed E-state index contributed by atoms with van der Waals surface area (Å²) in [6.07, 6.45) is 4.06. The minimum absolute atomic E-state index is 0.153. The van der Waals surface area contributed by atoms with Crippen molar-refractivity contribution in [3.8, 4) is 0 Å². The van der Waals surface area contributed by atoms with Crippen LogP contribution in [0.1, 0.15) is 52.3 Å². The fourth-order valence-corrected chi connectivity index (χ4v) is 2.51. The number of hydrogen-bond donors (Lipinski definition) is 1. The van der Waals surface area contributed by atoms with Crippen molar-refractivity contribution in [2.45, 2.75) is 52.1 Å². The Labute approximate surface area is 101 Å². The molecule has 0 saturated heterocycles. The topological polar surface area (TPSA) is 25.2 Å². The van der Waals surface area contributed by atoms with Gasteiger partial charge in [0.05, 0.1) is 16.8 Å². The van der Waals surface area contributed by atoms with Gasteiger partial charge < -0.3 is 9.73 Å². The van der Waals surface area contributed by atoms with Crippen LogP contribution in [0.2, 0.25) is 0 Å². The van der Waals surface area contributed by atoms with Crippen molar-refractivity contribution in [3.63, 3.8) is 0 Å². The van der Waals surface area contributed by atoms with Crippen LogP contribution in [0.4, 0.5) is 0 Å². The lowest BCUT2D eigenvalue weighted by atomic mass is 9.97. The highest BCUT2D eigenvalue weighted by molar-refractivity contribution is 9.10. The van der Waals surface area contributed by atoms with Gasteiger partial charge >= 0.3 is 0 Å². The number of nitrogens with one attached hydrogen (secondary N) is 1. The molecule has 0 radical (unpaired) electrons. The molecule has 0 amide bonds. The third-order valence-electron chi connectivity index (χ3n) is 2.52. The largest absolute Gasteiger partial charge is 0.466 e. The molecule has 0 bridgehead atoms. The van der Waals surface area contributed by atoms with Gasteiger partial charge in [-0.2, -0.15) is 0 Å². The van der Waals surface area contributed by atoms with E-state index in [1.807, 2.05) is 6.07 Å². The lowest BCUT2D eigenvalue weighted by Crippen LogP contribution is -2.40. The Balaban J connectivity index is 2.63. The van der Waals surface area contributed by atoms with Crippen molar-refractivity contribution >= 4 is 15.9 Å². The third kappa shape index (κ3) is 3.65. The molecular weight excluding hydrogens is 254 g/mol. The molecular formula is C12H20BrNO. The summed E-state index contributed by atoms with van der Waals surface area (Å²) in [7, 11) is 0. The predicted octanol–water partition coefficient (Wildman–Crippen LogP) is 4.27. The highest BCUT2D eigenvalue weighted by Gasteiger charge is 2.22. The highest BCUT2D eigenvalue weighted by Crippen LogP contribution is 2.26. The first-order valence-electron chi connectivity index (χ1n) is 5.47. The zero-order valence-corrected chi connectivity index (χ0v) is 11.5. The van der Waals surface area contributed by atoms with E-state index in [1.54, 1.807) is 6.26 Å². The maximum atomic E-state index is 5.44. The zero-order chi connectivity index (χ0) is 11.5. The molecule has 86 valence electrons. The molecule has 0 aliphatic heterocycles. The average Bonchev–Trinajstić information content (AvgIpc) is 2.50. The first kappa shape index (κ1) is 12.8. The lowest BCUT2D eigenvalue weighted by molar-refractivity contribution is 0.298. The second kappa shape index (κ2) is 5.17. The van der Waals surface area contributed by atoms with Gasteiger partial charge in [0.1, 0.15) is 5.76 Å². The van der Waals surface area contributed by atoms with E-state index in [1.165, 1.54) is 6.42 Å². The van der Waals surface area contributed by atoms with E-state index >= 15 is 0 Å². The Kier molecular flexibility index (Phi) is 4.41. The Hall–Kier alpha value is -0.280. The second-order valence-corrected chi connectivity index (χ2v) is 5.49. The van der Waals surface area contributed by atoms with Gasteiger partial charge in [0.2, 0.25) is 0 Å². The average molecular weight is 274 g/mol. The summed E-state index contributed by atoms with van der Waals surface area (Å²) in [5.74, 6) is 0.971. The van der Waals surface area contributed by atoms with E-state index in [-0.39, 0.29) is 11.6 Å². The monoisotopic (exact) mass is 273 g/mol. The Morgan fingerprint density at radius 2 is 2.20 bits per heavy atom. The van der Waals surface area contributed by atoms with E-state index in [0.29, 0.717) is 0 Å². The molecule has 0 spiro atoms. The molecule has 0 aliphatic carbocycles. The number of rotatable bonds is 5. The van der Waals surface area contributed by atoms with E-state index in [4.69, 9.17) is 4.42 Å². The highest BCUT2D eigenvalue weighted by atomic mass is 79.9. The minimum atomic E-state index is 0.153. The van der Waals surface area contributed by atoms with Crippen molar-refractivity contribution < 1.29 is 4.42 Å². The van der Waals surface area contributed by atoms with Gasteiger partial charge in [-0.25, -0.2) is 0 Å². The minimum Gasteiger partial charge on any atom is -0.466 e. The molecule has 15 heavy (non-hydrogen) atoms. The second-order valence-electron chi connectivity index (χ2n) is 4.63. The van der Waals surface area contributed by atoms with Crippen LogP contribution < -0.4 is 5.32 Å². The smallest absolute Gasteiger partial charge is 0.134 e. The van der Waals surface area contributed by atoms with E-state index in [2.05, 4.69) is 48.9 Å². The molecule has 3 heteroatoms. The molecule has 0 fully saturated rings. The first-order valence-corrected chi connectivity index (χ1v) is 6.26. The molecule has 1 aromatic rings. The maximum Gasteiger partial charge on any atom is 0.134 e. The summed E-state index contributed by atoms with van der Waals surface area (Å²) in [6.45, 7) is 8.78. The normalized spacial score (nSPS) is 14.2. The summed E-state index contributed by atoms with van der Waals surface area (Å²) < 4.78 is 6.48. The van der Waals surface area contributed by atoms with Crippen LogP contribution in [0, 0.1) is 0 Å². The van der Waals surface area contributed by atoms with E-state index < -0.39 is 0 Å².